The Morgan fingerprint density at radius 1 is 1.03 bits per heavy atom. The van der Waals surface area contributed by atoms with Gasteiger partial charge in [0.1, 0.15) is 5.69 Å². The number of aromatic nitrogens is 1. The molecule has 0 atom stereocenters. The first kappa shape index (κ1) is 24.9. The van der Waals surface area contributed by atoms with Crippen LogP contribution in [0.3, 0.4) is 0 Å². The number of hydrogen-bond donors (Lipinski definition) is 1. The Morgan fingerprint density at radius 2 is 1.73 bits per heavy atom. The van der Waals surface area contributed by atoms with Crippen molar-refractivity contribution in [1.82, 2.24) is 9.88 Å². The second-order valence-corrected chi connectivity index (χ2v) is 10.0. The van der Waals surface area contributed by atoms with E-state index in [4.69, 9.17) is 22.8 Å². The standard InChI is InChI=1S/C31H25ClN2O2S/c1-3-25-27-30(37-29(25)23-14-8-5-9-15-23)26(22-12-6-4-7-13-22)28(31(35)33-17-18-36-2)34(27)20-21-11-10-16-24(32)19-21/h1,4-16,19H,17-18,20H2,2H3,(H,33,35). The van der Waals surface area contributed by atoms with Crippen molar-refractivity contribution in [3.63, 3.8) is 0 Å². The number of hydrogen-bond acceptors (Lipinski definition) is 3. The van der Waals surface area contributed by atoms with Gasteiger partial charge in [-0.05, 0) is 28.8 Å². The smallest absolute Gasteiger partial charge is 0.268 e. The fourth-order valence-corrected chi connectivity index (χ4v) is 6.12. The van der Waals surface area contributed by atoms with Gasteiger partial charge in [-0.1, -0.05) is 90.3 Å². The summed E-state index contributed by atoms with van der Waals surface area (Å²) in [5.74, 6) is 2.77. The van der Waals surface area contributed by atoms with Gasteiger partial charge in [-0.15, -0.1) is 17.8 Å². The highest BCUT2D eigenvalue weighted by Crippen LogP contribution is 2.46. The molecule has 2 heterocycles. The zero-order valence-electron chi connectivity index (χ0n) is 20.3. The van der Waals surface area contributed by atoms with E-state index in [9.17, 15) is 4.79 Å². The van der Waals surface area contributed by atoms with Crippen LogP contribution in [0.2, 0.25) is 5.02 Å². The van der Waals surface area contributed by atoms with Gasteiger partial charge in [0.2, 0.25) is 0 Å². The molecule has 4 nitrogen and oxygen atoms in total. The second-order valence-electron chi connectivity index (χ2n) is 8.55. The monoisotopic (exact) mass is 524 g/mol. The first-order chi connectivity index (χ1) is 18.1. The van der Waals surface area contributed by atoms with E-state index in [0.29, 0.717) is 30.4 Å². The van der Waals surface area contributed by atoms with Gasteiger partial charge in [0.25, 0.3) is 5.91 Å². The van der Waals surface area contributed by atoms with Gasteiger partial charge in [0, 0.05) is 30.8 Å². The number of carbonyl (C=O) groups is 1. The number of methoxy groups -OCH3 is 1. The minimum absolute atomic E-state index is 0.175. The van der Waals surface area contributed by atoms with Crippen LogP contribution in [0.1, 0.15) is 21.6 Å². The predicted molar refractivity (Wildman–Crippen MR) is 153 cm³/mol. The molecule has 5 rings (SSSR count). The van der Waals surface area contributed by atoms with Crippen molar-refractivity contribution in [3.05, 3.63) is 107 Å². The summed E-state index contributed by atoms with van der Waals surface area (Å²) in [5.41, 5.74) is 6.08. The molecule has 0 spiro atoms. The molecule has 0 bridgehead atoms. The van der Waals surface area contributed by atoms with Crippen LogP contribution in [-0.2, 0) is 11.3 Å². The Bertz CT molecular complexity index is 1600. The van der Waals surface area contributed by atoms with E-state index in [-0.39, 0.29) is 5.91 Å². The highest BCUT2D eigenvalue weighted by Gasteiger charge is 2.29. The zero-order chi connectivity index (χ0) is 25.8. The first-order valence-corrected chi connectivity index (χ1v) is 13.1. The van der Waals surface area contributed by atoms with Gasteiger partial charge in [-0.25, -0.2) is 0 Å². The Hall–Kier alpha value is -3.82. The molecule has 2 aromatic heterocycles. The maximum atomic E-state index is 13.8. The lowest BCUT2D eigenvalue weighted by Crippen LogP contribution is -2.29. The SMILES string of the molecule is C#Cc1c(-c2ccccc2)sc2c(-c3ccccc3)c(C(=O)NCCOC)n(Cc3cccc(Cl)c3)c12. The topological polar surface area (TPSA) is 43.3 Å². The summed E-state index contributed by atoms with van der Waals surface area (Å²) < 4.78 is 8.20. The second kappa shape index (κ2) is 11.1. The van der Waals surface area contributed by atoms with E-state index in [1.807, 2.05) is 77.4 Å². The van der Waals surface area contributed by atoms with E-state index >= 15 is 0 Å². The first-order valence-electron chi connectivity index (χ1n) is 11.9. The number of benzene rings is 3. The molecule has 0 aliphatic carbocycles. The van der Waals surface area contributed by atoms with Crippen molar-refractivity contribution in [3.8, 4) is 33.9 Å². The van der Waals surface area contributed by atoms with E-state index in [1.165, 1.54) is 0 Å². The number of thiophene rings is 1. The molecule has 0 fully saturated rings. The lowest BCUT2D eigenvalue weighted by Gasteiger charge is -2.14. The van der Waals surface area contributed by atoms with Gasteiger partial charge in [0.15, 0.2) is 0 Å². The van der Waals surface area contributed by atoms with Gasteiger partial charge in [0.05, 0.1) is 27.3 Å². The fraction of sp³-hybridized carbons (Fsp3) is 0.129. The van der Waals surface area contributed by atoms with Crippen molar-refractivity contribution in [2.24, 2.45) is 0 Å². The van der Waals surface area contributed by atoms with E-state index < -0.39 is 0 Å². The molecule has 0 unspecified atom stereocenters. The quantitative estimate of drug-likeness (QED) is 0.174. The predicted octanol–water partition coefficient (Wildman–Crippen LogP) is 7.10. The fourth-order valence-electron chi connectivity index (χ4n) is 4.57. The number of nitrogens with one attached hydrogen (secondary N) is 1. The molecule has 6 heteroatoms. The molecular weight excluding hydrogens is 500 g/mol. The van der Waals surface area contributed by atoms with Crippen molar-refractivity contribution >= 4 is 39.1 Å². The molecule has 1 amide bonds. The molecule has 3 aromatic carbocycles. The lowest BCUT2D eigenvalue weighted by molar-refractivity contribution is 0.0929. The highest BCUT2D eigenvalue weighted by molar-refractivity contribution is 7.23. The number of halogens is 1. The molecule has 0 aliphatic rings. The van der Waals surface area contributed by atoms with Gasteiger partial charge in [-0.2, -0.15) is 0 Å². The maximum Gasteiger partial charge on any atom is 0.268 e. The summed E-state index contributed by atoms with van der Waals surface area (Å²) in [6.07, 6.45) is 6.16. The number of amides is 1. The van der Waals surface area contributed by atoms with Gasteiger partial charge in [-0.3, -0.25) is 4.79 Å². The van der Waals surface area contributed by atoms with Crippen LogP contribution in [0.25, 0.3) is 31.8 Å². The van der Waals surface area contributed by atoms with Crippen molar-refractivity contribution in [1.29, 1.82) is 0 Å². The number of carbonyl (C=O) groups excluding carboxylic acids is 1. The summed E-state index contributed by atoms with van der Waals surface area (Å²) >= 11 is 7.95. The van der Waals surface area contributed by atoms with Crippen LogP contribution >= 0.6 is 22.9 Å². The van der Waals surface area contributed by atoms with E-state index in [2.05, 4.69) is 23.4 Å². The molecule has 0 saturated carbocycles. The number of ether oxygens (including phenoxy) is 1. The molecule has 0 radical (unpaired) electrons. The van der Waals surface area contributed by atoms with Crippen LogP contribution in [-0.4, -0.2) is 30.7 Å². The number of fused-ring (bicyclic) bond motifs is 1. The Balaban J connectivity index is 1.83. The maximum absolute atomic E-state index is 13.8. The molecule has 184 valence electrons. The summed E-state index contributed by atoms with van der Waals surface area (Å²) in [7, 11) is 1.61. The minimum atomic E-state index is -0.175. The van der Waals surface area contributed by atoms with Crippen molar-refractivity contribution in [2.75, 3.05) is 20.3 Å². The molecule has 0 saturated heterocycles. The van der Waals surface area contributed by atoms with Crippen LogP contribution < -0.4 is 5.32 Å². The normalized spacial score (nSPS) is 10.9. The number of terminal acetylenes is 1. The van der Waals surface area contributed by atoms with Crippen molar-refractivity contribution in [2.45, 2.75) is 6.54 Å². The average molecular weight is 525 g/mol. The third-order valence-corrected chi connectivity index (χ3v) is 7.65. The summed E-state index contributed by atoms with van der Waals surface area (Å²) in [6, 6.07) is 27.8. The van der Waals surface area contributed by atoms with E-state index in [0.717, 1.165) is 42.9 Å². The largest absolute Gasteiger partial charge is 0.383 e. The third kappa shape index (κ3) is 4.92. The Labute approximate surface area is 225 Å². The third-order valence-electron chi connectivity index (χ3n) is 6.17. The Kier molecular flexibility index (Phi) is 7.43. The highest BCUT2D eigenvalue weighted by atomic mass is 35.5. The van der Waals surface area contributed by atoms with Gasteiger partial charge >= 0.3 is 0 Å². The molecular formula is C31H25ClN2O2S. The van der Waals surface area contributed by atoms with Crippen LogP contribution in [0.4, 0.5) is 0 Å². The number of nitrogens with zero attached hydrogens (tertiary/aromatic N) is 1. The van der Waals surface area contributed by atoms with Crippen LogP contribution in [0, 0.1) is 12.3 Å². The molecule has 37 heavy (non-hydrogen) atoms. The van der Waals surface area contributed by atoms with Gasteiger partial charge < -0.3 is 14.6 Å². The molecule has 0 aliphatic heterocycles. The van der Waals surface area contributed by atoms with E-state index in [1.54, 1.807) is 18.4 Å². The summed E-state index contributed by atoms with van der Waals surface area (Å²) in [4.78, 5) is 14.8. The van der Waals surface area contributed by atoms with Crippen molar-refractivity contribution < 1.29 is 9.53 Å². The summed E-state index contributed by atoms with van der Waals surface area (Å²) in [5, 5.41) is 3.67. The minimum Gasteiger partial charge on any atom is -0.383 e. The van der Waals surface area contributed by atoms with Crippen LogP contribution in [0.5, 0.6) is 0 Å². The molecule has 1 N–H and O–H groups in total. The zero-order valence-corrected chi connectivity index (χ0v) is 21.9. The Morgan fingerprint density at radius 3 is 2.38 bits per heavy atom. The lowest BCUT2D eigenvalue weighted by atomic mass is 10.0. The summed E-state index contributed by atoms with van der Waals surface area (Å²) in [6.45, 7) is 1.26. The number of rotatable bonds is 8. The average Bonchev–Trinajstić information content (AvgIpc) is 3.44. The van der Waals surface area contributed by atoms with Crippen LogP contribution in [0.15, 0.2) is 84.9 Å². The molecule has 5 aromatic rings.